The molecule has 7 rings (SSSR count). The topological polar surface area (TPSA) is 101 Å². The van der Waals surface area contributed by atoms with Crippen LogP contribution in [0.25, 0.3) is 11.1 Å². The van der Waals surface area contributed by atoms with Crippen molar-refractivity contribution in [2.45, 2.75) is 31.0 Å². The lowest BCUT2D eigenvalue weighted by molar-refractivity contribution is -0.126. The number of ether oxygens (including phenoxy) is 1. The smallest absolute Gasteiger partial charge is 0.253 e. The van der Waals surface area contributed by atoms with E-state index in [1.54, 1.807) is 36.5 Å². The number of aromatic nitrogens is 1. The van der Waals surface area contributed by atoms with Gasteiger partial charge in [0.25, 0.3) is 11.8 Å². The van der Waals surface area contributed by atoms with Crippen LogP contribution in [0.15, 0.2) is 90.7 Å². The molecule has 3 N–H and O–H groups in total. The van der Waals surface area contributed by atoms with Crippen molar-refractivity contribution in [3.63, 3.8) is 0 Å². The molecule has 2 aromatic carbocycles. The number of benzene rings is 2. The molecule has 3 aliphatic heterocycles. The van der Waals surface area contributed by atoms with Gasteiger partial charge in [-0.2, -0.15) is 0 Å². The van der Waals surface area contributed by atoms with Crippen molar-refractivity contribution >= 4 is 34.5 Å². The molecule has 3 aromatic rings. The van der Waals surface area contributed by atoms with Crippen molar-refractivity contribution in [3.8, 4) is 0 Å². The number of carbonyl (C=O) groups is 2. The minimum atomic E-state index is -2.72. The van der Waals surface area contributed by atoms with Crippen LogP contribution in [0.2, 0.25) is 0 Å². The van der Waals surface area contributed by atoms with Crippen LogP contribution in [0.5, 0.6) is 0 Å². The number of likely N-dealkylation sites (tertiary alicyclic amines) is 1. The Kier molecular flexibility index (Phi) is 8.09. The molecule has 11 heteroatoms. The monoisotopic (exact) mass is 641 g/mol. The zero-order valence-corrected chi connectivity index (χ0v) is 25.5. The van der Waals surface area contributed by atoms with Gasteiger partial charge in [0, 0.05) is 51.1 Å². The number of carbonyl (C=O) groups excluding carboxylic acids is 2. The molecule has 0 saturated carbocycles. The Labute approximate surface area is 270 Å². The summed E-state index contributed by atoms with van der Waals surface area (Å²) in [6.07, 6.45) is 6.29. The predicted octanol–water partition coefficient (Wildman–Crippen LogP) is 5.10. The minimum Gasteiger partial charge on any atom is -0.384 e. The Morgan fingerprint density at radius 1 is 0.957 bits per heavy atom. The normalized spacial score (nSPS) is 22.1. The molecule has 0 bridgehead atoms. The van der Waals surface area contributed by atoms with Crippen LogP contribution >= 0.6 is 0 Å². The Morgan fingerprint density at radius 2 is 1.66 bits per heavy atom. The van der Waals surface area contributed by atoms with E-state index >= 15 is 0 Å². The van der Waals surface area contributed by atoms with Crippen LogP contribution in [0, 0.1) is 11.7 Å². The number of nitrogens with two attached hydrogens (primary N) is 1. The number of amides is 2. The number of allylic oxidation sites excluding steroid dienone is 2. The van der Waals surface area contributed by atoms with Crippen LogP contribution in [0.4, 0.5) is 24.7 Å². The summed E-state index contributed by atoms with van der Waals surface area (Å²) >= 11 is 0. The minimum absolute atomic E-state index is 0.0279. The lowest BCUT2D eigenvalue weighted by atomic mass is 9.86. The molecule has 47 heavy (non-hydrogen) atoms. The third-order valence-corrected chi connectivity index (χ3v) is 9.20. The van der Waals surface area contributed by atoms with Crippen molar-refractivity contribution < 1.29 is 27.5 Å². The first-order valence-corrected chi connectivity index (χ1v) is 15.7. The summed E-state index contributed by atoms with van der Waals surface area (Å²) in [7, 11) is 0. The molecule has 8 nitrogen and oxygen atoms in total. The third kappa shape index (κ3) is 6.53. The van der Waals surface area contributed by atoms with Gasteiger partial charge in [-0.25, -0.2) is 18.2 Å². The van der Waals surface area contributed by atoms with Gasteiger partial charge >= 0.3 is 0 Å². The number of rotatable bonds is 7. The second-order valence-corrected chi connectivity index (χ2v) is 12.4. The maximum Gasteiger partial charge on any atom is 0.253 e. The SMILES string of the molecule is Nc1ccc(N2CC(C(=O)NCC3C=C4C=C(c5ccc(C(=O)N6CCC(F)(F)CC6)cc5)C=C(c5ccc(F)cc5)C4O3)C2)cn1. The molecule has 0 radical (unpaired) electrons. The number of nitrogens with zero attached hydrogens (tertiary/aromatic N) is 3. The second kappa shape index (κ2) is 12.4. The first kappa shape index (κ1) is 30.7. The molecular formula is C36H34F3N5O3. The molecular weight excluding hydrogens is 607 g/mol. The van der Waals surface area contributed by atoms with Crippen molar-refractivity contribution in [3.05, 3.63) is 113 Å². The summed E-state index contributed by atoms with van der Waals surface area (Å²) in [5.74, 6) is -3.06. The Hall–Kier alpha value is -4.90. The number of alkyl halides is 2. The van der Waals surface area contributed by atoms with E-state index in [2.05, 4.69) is 15.2 Å². The van der Waals surface area contributed by atoms with Crippen molar-refractivity contribution in [2.24, 2.45) is 5.92 Å². The van der Waals surface area contributed by atoms with Gasteiger partial charge in [0.05, 0.1) is 23.9 Å². The standard InChI is InChI=1S/C36H34F3N5O3/c37-28-7-5-23(6-8-28)31-17-25(22-1-3-24(4-2-22)35(46)43-13-11-36(38,39)12-14-43)15-26-16-30(47-33(26)31)19-42-34(45)27-20-44(21-27)29-9-10-32(40)41-18-29/h1-10,15-18,27,30,33H,11-14,19-21H2,(H2,40,41)(H,42,45). The van der Waals surface area contributed by atoms with Crippen LogP contribution in [0.3, 0.4) is 0 Å². The number of piperidine rings is 1. The van der Waals surface area contributed by atoms with Crippen LogP contribution in [-0.2, 0) is 9.53 Å². The van der Waals surface area contributed by atoms with Gasteiger partial charge in [-0.15, -0.1) is 0 Å². The lowest BCUT2D eigenvalue weighted by Gasteiger charge is -2.39. The number of hydrogen-bond acceptors (Lipinski definition) is 6. The van der Waals surface area contributed by atoms with Gasteiger partial charge in [0.2, 0.25) is 5.91 Å². The average molecular weight is 642 g/mol. The van der Waals surface area contributed by atoms with E-state index < -0.39 is 12.0 Å². The van der Waals surface area contributed by atoms with Gasteiger partial charge in [-0.1, -0.05) is 24.3 Å². The fourth-order valence-electron chi connectivity index (χ4n) is 6.40. The molecule has 2 fully saturated rings. The van der Waals surface area contributed by atoms with E-state index in [9.17, 15) is 22.8 Å². The Balaban J connectivity index is 1.04. The zero-order valence-electron chi connectivity index (χ0n) is 25.5. The van der Waals surface area contributed by atoms with Gasteiger partial charge in [0.1, 0.15) is 17.7 Å². The van der Waals surface area contributed by atoms with E-state index in [-0.39, 0.29) is 55.6 Å². The van der Waals surface area contributed by atoms with Gasteiger partial charge in [-0.05, 0) is 82.5 Å². The highest BCUT2D eigenvalue weighted by Gasteiger charge is 2.37. The molecule has 4 aliphatic rings. The Morgan fingerprint density at radius 3 is 2.34 bits per heavy atom. The van der Waals surface area contributed by atoms with E-state index in [4.69, 9.17) is 10.5 Å². The molecule has 2 saturated heterocycles. The van der Waals surface area contributed by atoms with E-state index in [0.29, 0.717) is 31.0 Å². The predicted molar refractivity (Wildman–Crippen MR) is 173 cm³/mol. The van der Waals surface area contributed by atoms with E-state index in [1.807, 2.05) is 36.4 Å². The highest BCUT2D eigenvalue weighted by molar-refractivity contribution is 5.96. The van der Waals surface area contributed by atoms with E-state index in [1.165, 1.54) is 17.0 Å². The fourth-order valence-corrected chi connectivity index (χ4v) is 6.40. The summed E-state index contributed by atoms with van der Waals surface area (Å²) < 4.78 is 47.4. The number of nitrogen functional groups attached to an aromatic ring is 1. The van der Waals surface area contributed by atoms with Crippen molar-refractivity contribution in [1.82, 2.24) is 15.2 Å². The highest BCUT2D eigenvalue weighted by atomic mass is 19.3. The maximum atomic E-state index is 13.8. The zero-order chi connectivity index (χ0) is 32.7. The quantitative estimate of drug-likeness (QED) is 0.373. The van der Waals surface area contributed by atoms with Crippen molar-refractivity contribution in [2.75, 3.05) is 43.4 Å². The van der Waals surface area contributed by atoms with Gasteiger partial charge < -0.3 is 25.6 Å². The number of halogens is 3. The lowest BCUT2D eigenvalue weighted by Crippen LogP contribution is -2.54. The fraction of sp³-hybridized carbons (Fsp3) is 0.306. The molecule has 2 atom stereocenters. The number of fused-ring (bicyclic) bond motifs is 1. The largest absolute Gasteiger partial charge is 0.384 e. The molecule has 2 unspecified atom stereocenters. The first-order valence-electron chi connectivity index (χ1n) is 15.7. The Bertz CT molecular complexity index is 1750. The summed E-state index contributed by atoms with van der Waals surface area (Å²) in [4.78, 5) is 33.6. The molecule has 2 amide bonds. The molecule has 1 aliphatic carbocycles. The summed E-state index contributed by atoms with van der Waals surface area (Å²) in [5.41, 5.74) is 11.3. The molecule has 4 heterocycles. The molecule has 242 valence electrons. The highest BCUT2D eigenvalue weighted by Crippen LogP contribution is 2.40. The van der Waals surface area contributed by atoms with Crippen LogP contribution in [-0.4, -0.2) is 72.6 Å². The molecule has 1 aromatic heterocycles. The number of pyridine rings is 1. The first-order chi connectivity index (χ1) is 22.6. The van der Waals surface area contributed by atoms with Crippen molar-refractivity contribution in [1.29, 1.82) is 0 Å². The number of anilines is 2. The number of nitrogens with one attached hydrogen (secondary N) is 1. The van der Waals surface area contributed by atoms with Crippen LogP contribution < -0.4 is 16.0 Å². The van der Waals surface area contributed by atoms with Crippen LogP contribution in [0.1, 0.15) is 34.3 Å². The maximum absolute atomic E-state index is 13.8. The average Bonchev–Trinajstić information content (AvgIpc) is 3.47. The third-order valence-electron chi connectivity index (χ3n) is 9.20. The van der Waals surface area contributed by atoms with Gasteiger partial charge in [0.15, 0.2) is 0 Å². The summed E-state index contributed by atoms with van der Waals surface area (Å²) in [5, 5.41) is 3.03. The number of hydrogen-bond donors (Lipinski definition) is 2. The van der Waals surface area contributed by atoms with E-state index in [0.717, 1.165) is 33.5 Å². The summed E-state index contributed by atoms with van der Waals surface area (Å²) in [6, 6.07) is 17.0. The van der Waals surface area contributed by atoms with Gasteiger partial charge in [-0.3, -0.25) is 9.59 Å². The molecule has 0 spiro atoms. The second-order valence-electron chi connectivity index (χ2n) is 12.4. The summed E-state index contributed by atoms with van der Waals surface area (Å²) in [6.45, 7) is 1.54.